The molecule has 0 radical (unpaired) electrons. The van der Waals surface area contributed by atoms with Gasteiger partial charge in [0, 0.05) is 4.91 Å². The molecule has 8 heavy (non-hydrogen) atoms. The van der Waals surface area contributed by atoms with Crippen LogP contribution in [0, 0.1) is 0 Å². The Morgan fingerprint density at radius 1 is 1.62 bits per heavy atom. The molecule has 0 heterocycles. The highest BCUT2D eigenvalue weighted by molar-refractivity contribution is 4.84. The van der Waals surface area contributed by atoms with E-state index >= 15 is 0 Å². The maximum atomic E-state index is 8.99. The molecule has 0 aliphatic heterocycles. The number of hydrogen-bond donors (Lipinski definition) is 1. The molecule has 1 aliphatic rings. The number of azide groups is 1. The van der Waals surface area contributed by atoms with Gasteiger partial charge in [-0.3, -0.25) is 0 Å². The van der Waals surface area contributed by atoms with Gasteiger partial charge in [-0.15, -0.1) is 0 Å². The van der Waals surface area contributed by atoms with Crippen LogP contribution in [0.1, 0.15) is 19.3 Å². The lowest BCUT2D eigenvalue weighted by Crippen LogP contribution is -2.33. The van der Waals surface area contributed by atoms with Gasteiger partial charge in [-0.1, -0.05) is 5.11 Å². The van der Waals surface area contributed by atoms with E-state index in [-0.39, 0.29) is 0 Å². The first-order valence-corrected chi connectivity index (χ1v) is 2.55. The lowest BCUT2D eigenvalue weighted by molar-refractivity contribution is -0.0262. The summed E-state index contributed by atoms with van der Waals surface area (Å²) in [4.78, 5) is 2.50. The minimum absolute atomic E-state index is 0.622. The van der Waals surface area contributed by atoms with Crippen LogP contribution in [0.3, 0.4) is 0 Å². The Morgan fingerprint density at radius 2 is 2.25 bits per heavy atom. The Kier molecular flexibility index (Phi) is 1.12. The number of hydrogen-bond acceptors (Lipinski definition) is 2. The van der Waals surface area contributed by atoms with E-state index in [4.69, 9.17) is 10.6 Å². The molecule has 1 saturated carbocycles. The molecular weight excluding hydrogens is 106 g/mol. The van der Waals surface area contributed by atoms with E-state index in [1.165, 1.54) is 0 Å². The van der Waals surface area contributed by atoms with Gasteiger partial charge in [0.2, 0.25) is 0 Å². The fraction of sp³-hybridized carbons (Fsp3) is 1.00. The van der Waals surface area contributed by atoms with Crippen LogP contribution in [-0.4, -0.2) is 10.8 Å². The van der Waals surface area contributed by atoms with Crippen molar-refractivity contribution in [2.24, 2.45) is 5.11 Å². The molecule has 0 aromatic carbocycles. The molecule has 44 valence electrons. The second kappa shape index (κ2) is 1.65. The van der Waals surface area contributed by atoms with Crippen LogP contribution in [0.5, 0.6) is 0 Å². The van der Waals surface area contributed by atoms with Crippen molar-refractivity contribution in [1.29, 1.82) is 0 Å². The normalized spacial score (nSPS) is 23.1. The van der Waals surface area contributed by atoms with Crippen molar-refractivity contribution >= 4 is 0 Å². The Morgan fingerprint density at radius 3 is 2.38 bits per heavy atom. The third kappa shape index (κ3) is 0.757. The Balaban J connectivity index is 2.53. The summed E-state index contributed by atoms with van der Waals surface area (Å²) in [6.07, 6.45) is 2.21. The first-order chi connectivity index (χ1) is 3.77. The zero-order valence-corrected chi connectivity index (χ0v) is 4.41. The highest BCUT2D eigenvalue weighted by atomic mass is 16.3. The van der Waals surface area contributed by atoms with Crippen LogP contribution in [0.15, 0.2) is 5.11 Å². The Hall–Kier alpha value is -0.730. The van der Waals surface area contributed by atoms with Crippen molar-refractivity contribution in [3.05, 3.63) is 10.4 Å². The highest BCUT2D eigenvalue weighted by Gasteiger charge is 2.32. The second-order valence-corrected chi connectivity index (χ2v) is 2.03. The van der Waals surface area contributed by atoms with E-state index in [0.717, 1.165) is 6.42 Å². The molecule has 0 bridgehead atoms. The van der Waals surface area contributed by atoms with E-state index in [9.17, 15) is 0 Å². The summed E-state index contributed by atoms with van der Waals surface area (Å²) < 4.78 is 0. The Labute approximate surface area is 46.8 Å². The van der Waals surface area contributed by atoms with Crippen LogP contribution >= 0.6 is 0 Å². The average molecular weight is 113 g/mol. The van der Waals surface area contributed by atoms with E-state index in [2.05, 4.69) is 10.0 Å². The average Bonchev–Trinajstić information content (AvgIpc) is 1.64. The molecule has 0 amide bonds. The standard InChI is InChI=1S/C4H7N3O/c5-7-6-4(8)2-1-3-4/h8H,1-3H2. The summed E-state index contributed by atoms with van der Waals surface area (Å²) >= 11 is 0. The second-order valence-electron chi connectivity index (χ2n) is 2.03. The smallest absolute Gasteiger partial charge is 0.143 e. The van der Waals surface area contributed by atoms with Gasteiger partial charge in [-0.05, 0) is 24.8 Å². The number of rotatable bonds is 1. The Bertz CT molecular complexity index is 134. The predicted molar refractivity (Wildman–Crippen MR) is 27.9 cm³/mol. The maximum absolute atomic E-state index is 8.99. The van der Waals surface area contributed by atoms with Gasteiger partial charge in [0.1, 0.15) is 5.72 Å². The number of aliphatic hydroxyl groups is 1. The molecule has 0 aromatic heterocycles. The van der Waals surface area contributed by atoms with Gasteiger partial charge in [-0.25, -0.2) is 0 Å². The summed E-state index contributed by atoms with van der Waals surface area (Å²) in [6.45, 7) is 0. The van der Waals surface area contributed by atoms with Crippen LogP contribution in [0.25, 0.3) is 10.4 Å². The minimum Gasteiger partial charge on any atom is -0.384 e. The molecule has 1 N–H and O–H groups in total. The zero-order valence-electron chi connectivity index (χ0n) is 4.41. The topological polar surface area (TPSA) is 69.0 Å². The first-order valence-electron chi connectivity index (χ1n) is 2.55. The molecule has 0 spiro atoms. The molecule has 4 heteroatoms. The molecule has 1 rings (SSSR count). The monoisotopic (exact) mass is 113 g/mol. The van der Waals surface area contributed by atoms with Crippen molar-refractivity contribution in [2.75, 3.05) is 0 Å². The van der Waals surface area contributed by atoms with Crippen LogP contribution in [-0.2, 0) is 0 Å². The van der Waals surface area contributed by atoms with E-state index in [1.807, 2.05) is 0 Å². The molecule has 0 unspecified atom stereocenters. The van der Waals surface area contributed by atoms with Crippen LogP contribution < -0.4 is 0 Å². The molecular formula is C4H7N3O. The molecule has 1 fully saturated rings. The molecule has 4 nitrogen and oxygen atoms in total. The maximum Gasteiger partial charge on any atom is 0.143 e. The SMILES string of the molecule is [N-]=[N+]=NC1(O)CCC1. The van der Waals surface area contributed by atoms with Crippen molar-refractivity contribution in [1.82, 2.24) is 0 Å². The van der Waals surface area contributed by atoms with Gasteiger partial charge < -0.3 is 5.11 Å². The third-order valence-corrected chi connectivity index (χ3v) is 1.39. The van der Waals surface area contributed by atoms with Crippen molar-refractivity contribution < 1.29 is 5.11 Å². The van der Waals surface area contributed by atoms with E-state index < -0.39 is 5.72 Å². The van der Waals surface area contributed by atoms with Gasteiger partial charge in [-0.2, -0.15) is 0 Å². The summed E-state index contributed by atoms with van der Waals surface area (Å²) in [7, 11) is 0. The third-order valence-electron chi connectivity index (χ3n) is 1.39. The van der Waals surface area contributed by atoms with E-state index in [1.54, 1.807) is 0 Å². The zero-order chi connectivity index (χ0) is 6.04. The summed E-state index contributed by atoms with van der Waals surface area (Å²) in [5.74, 6) is 0. The first kappa shape index (κ1) is 5.41. The fourth-order valence-electron chi connectivity index (χ4n) is 0.676. The molecule has 1 aliphatic carbocycles. The highest BCUT2D eigenvalue weighted by Crippen LogP contribution is 2.32. The van der Waals surface area contributed by atoms with Gasteiger partial charge in [0.25, 0.3) is 0 Å². The van der Waals surface area contributed by atoms with Crippen LogP contribution in [0.2, 0.25) is 0 Å². The van der Waals surface area contributed by atoms with Crippen molar-refractivity contribution in [2.45, 2.75) is 25.0 Å². The quantitative estimate of drug-likeness (QED) is 0.309. The summed E-state index contributed by atoms with van der Waals surface area (Å²) in [5.41, 5.74) is 6.85. The van der Waals surface area contributed by atoms with Crippen LogP contribution in [0.4, 0.5) is 0 Å². The summed E-state index contributed by atoms with van der Waals surface area (Å²) in [5, 5.41) is 12.2. The van der Waals surface area contributed by atoms with Crippen molar-refractivity contribution in [3.8, 4) is 0 Å². The summed E-state index contributed by atoms with van der Waals surface area (Å²) in [6, 6.07) is 0. The van der Waals surface area contributed by atoms with Crippen molar-refractivity contribution in [3.63, 3.8) is 0 Å². The van der Waals surface area contributed by atoms with Gasteiger partial charge >= 0.3 is 0 Å². The minimum atomic E-state index is -1.02. The van der Waals surface area contributed by atoms with E-state index in [0.29, 0.717) is 12.8 Å². The lowest BCUT2D eigenvalue weighted by Gasteiger charge is -2.30. The fourth-order valence-corrected chi connectivity index (χ4v) is 0.676. The number of nitrogens with zero attached hydrogens (tertiary/aromatic N) is 3. The molecule has 0 saturated heterocycles. The molecule has 0 atom stereocenters. The predicted octanol–water partition coefficient (Wildman–Crippen LogP) is 1.17. The lowest BCUT2D eigenvalue weighted by atomic mass is 9.89. The largest absolute Gasteiger partial charge is 0.384 e. The van der Waals surface area contributed by atoms with Gasteiger partial charge in [0.15, 0.2) is 0 Å². The van der Waals surface area contributed by atoms with Gasteiger partial charge in [0.05, 0.1) is 0 Å². The molecule has 0 aromatic rings.